The molecule has 0 spiro atoms. The minimum Gasteiger partial charge on any atom is -0.451 e. The SMILES string of the molecule is O=C(OC1CCCCC1=O)c1cccc(CN2C(=O)c3ccccc3C2=O)c1. The van der Waals surface area contributed by atoms with Crippen LogP contribution in [0.25, 0.3) is 0 Å². The first-order chi connectivity index (χ1) is 13.5. The lowest BCUT2D eigenvalue weighted by Crippen LogP contribution is -2.30. The monoisotopic (exact) mass is 377 g/mol. The van der Waals surface area contributed by atoms with Crippen LogP contribution in [0.5, 0.6) is 0 Å². The zero-order chi connectivity index (χ0) is 19.7. The van der Waals surface area contributed by atoms with E-state index in [1.165, 1.54) is 4.90 Å². The summed E-state index contributed by atoms with van der Waals surface area (Å²) in [5, 5.41) is 0. The fraction of sp³-hybridized carbons (Fsp3) is 0.273. The predicted molar refractivity (Wildman–Crippen MR) is 99.8 cm³/mol. The summed E-state index contributed by atoms with van der Waals surface area (Å²) in [6, 6.07) is 13.3. The van der Waals surface area contributed by atoms with E-state index >= 15 is 0 Å². The lowest BCUT2D eigenvalue weighted by molar-refractivity contribution is -0.129. The Hall–Kier alpha value is -3.28. The van der Waals surface area contributed by atoms with Crippen molar-refractivity contribution >= 4 is 23.6 Å². The van der Waals surface area contributed by atoms with E-state index in [1.54, 1.807) is 48.5 Å². The van der Waals surface area contributed by atoms with Crippen molar-refractivity contribution in [1.29, 1.82) is 0 Å². The van der Waals surface area contributed by atoms with Gasteiger partial charge in [-0.1, -0.05) is 24.3 Å². The molecule has 0 aromatic heterocycles. The molecule has 1 aliphatic heterocycles. The topological polar surface area (TPSA) is 80.8 Å². The van der Waals surface area contributed by atoms with Gasteiger partial charge in [0.2, 0.25) is 0 Å². The smallest absolute Gasteiger partial charge is 0.338 e. The summed E-state index contributed by atoms with van der Waals surface area (Å²) in [5.41, 5.74) is 1.71. The lowest BCUT2D eigenvalue weighted by atomic mass is 9.96. The van der Waals surface area contributed by atoms with Crippen LogP contribution in [0.2, 0.25) is 0 Å². The van der Waals surface area contributed by atoms with Gasteiger partial charge in [-0.3, -0.25) is 19.3 Å². The zero-order valence-electron chi connectivity index (χ0n) is 15.2. The van der Waals surface area contributed by atoms with E-state index in [-0.39, 0.29) is 24.1 Å². The number of carbonyl (C=O) groups excluding carboxylic acids is 4. The summed E-state index contributed by atoms with van der Waals surface area (Å²) in [6.45, 7) is 0.0653. The van der Waals surface area contributed by atoms with Crippen molar-refractivity contribution in [3.8, 4) is 0 Å². The Morgan fingerprint density at radius 2 is 1.68 bits per heavy atom. The maximum Gasteiger partial charge on any atom is 0.338 e. The van der Waals surface area contributed by atoms with Crippen LogP contribution in [0.1, 0.15) is 62.3 Å². The van der Waals surface area contributed by atoms with Crippen molar-refractivity contribution in [2.24, 2.45) is 0 Å². The summed E-state index contributed by atoms with van der Waals surface area (Å²) < 4.78 is 5.37. The molecule has 1 aliphatic carbocycles. The summed E-state index contributed by atoms with van der Waals surface area (Å²) >= 11 is 0. The molecular weight excluding hydrogens is 358 g/mol. The lowest BCUT2D eigenvalue weighted by Gasteiger charge is -2.21. The molecule has 0 radical (unpaired) electrons. The van der Waals surface area contributed by atoms with Gasteiger partial charge in [0, 0.05) is 6.42 Å². The van der Waals surface area contributed by atoms with E-state index in [2.05, 4.69) is 0 Å². The number of fused-ring (bicyclic) bond motifs is 1. The van der Waals surface area contributed by atoms with Crippen molar-refractivity contribution in [3.63, 3.8) is 0 Å². The molecule has 2 aromatic rings. The van der Waals surface area contributed by atoms with Crippen LogP contribution in [0.15, 0.2) is 48.5 Å². The highest BCUT2D eigenvalue weighted by molar-refractivity contribution is 6.21. The minimum absolute atomic E-state index is 0.0400. The number of amides is 2. The number of imide groups is 1. The van der Waals surface area contributed by atoms with E-state index in [0.717, 1.165) is 12.8 Å². The molecule has 4 rings (SSSR count). The molecule has 28 heavy (non-hydrogen) atoms. The Labute approximate surface area is 162 Å². The highest BCUT2D eigenvalue weighted by Gasteiger charge is 2.35. The molecule has 1 heterocycles. The van der Waals surface area contributed by atoms with Crippen molar-refractivity contribution in [1.82, 2.24) is 4.90 Å². The number of hydrogen-bond donors (Lipinski definition) is 0. The van der Waals surface area contributed by atoms with E-state index in [0.29, 0.717) is 35.1 Å². The van der Waals surface area contributed by atoms with Crippen LogP contribution in [0.3, 0.4) is 0 Å². The van der Waals surface area contributed by atoms with E-state index in [4.69, 9.17) is 4.74 Å². The summed E-state index contributed by atoms with van der Waals surface area (Å²) in [4.78, 5) is 50.5. The van der Waals surface area contributed by atoms with Gasteiger partial charge in [0.25, 0.3) is 11.8 Å². The fourth-order valence-corrected chi connectivity index (χ4v) is 3.63. The van der Waals surface area contributed by atoms with Gasteiger partial charge in [-0.05, 0) is 49.1 Å². The Balaban J connectivity index is 1.49. The van der Waals surface area contributed by atoms with Gasteiger partial charge in [-0.15, -0.1) is 0 Å². The molecule has 0 saturated heterocycles. The summed E-state index contributed by atoms with van der Waals surface area (Å²) in [7, 11) is 0. The van der Waals surface area contributed by atoms with Crippen LogP contribution >= 0.6 is 0 Å². The van der Waals surface area contributed by atoms with Crippen molar-refractivity contribution in [3.05, 3.63) is 70.8 Å². The number of nitrogens with zero attached hydrogens (tertiary/aromatic N) is 1. The molecule has 142 valence electrons. The molecule has 2 aromatic carbocycles. The highest BCUT2D eigenvalue weighted by Crippen LogP contribution is 2.25. The predicted octanol–water partition coefficient (Wildman–Crippen LogP) is 3.15. The molecule has 1 saturated carbocycles. The Bertz CT molecular complexity index is 945. The van der Waals surface area contributed by atoms with Gasteiger partial charge in [-0.25, -0.2) is 4.79 Å². The maximum absolute atomic E-state index is 12.5. The van der Waals surface area contributed by atoms with E-state index in [9.17, 15) is 19.2 Å². The first-order valence-electron chi connectivity index (χ1n) is 9.32. The van der Waals surface area contributed by atoms with E-state index < -0.39 is 12.1 Å². The normalized spacial score (nSPS) is 18.9. The molecule has 0 bridgehead atoms. The van der Waals surface area contributed by atoms with Crippen LogP contribution in [0, 0.1) is 0 Å². The van der Waals surface area contributed by atoms with Crippen molar-refractivity contribution in [2.75, 3.05) is 0 Å². The average Bonchev–Trinajstić information content (AvgIpc) is 2.95. The van der Waals surface area contributed by atoms with Crippen LogP contribution in [0.4, 0.5) is 0 Å². The molecule has 2 amide bonds. The number of esters is 1. The van der Waals surface area contributed by atoms with Crippen LogP contribution in [-0.4, -0.2) is 34.6 Å². The number of rotatable bonds is 4. The standard InChI is InChI=1S/C22H19NO5/c24-18-10-3-4-11-19(18)28-22(27)15-7-5-6-14(12-15)13-23-20(25)16-8-1-2-9-17(16)21(23)26/h1-2,5-9,12,19H,3-4,10-11,13H2. The van der Waals surface area contributed by atoms with Gasteiger partial charge in [0.1, 0.15) is 0 Å². The van der Waals surface area contributed by atoms with Gasteiger partial charge in [0.15, 0.2) is 11.9 Å². The van der Waals surface area contributed by atoms with Crippen LogP contribution < -0.4 is 0 Å². The molecule has 2 aliphatic rings. The molecule has 0 N–H and O–H groups in total. The summed E-state index contributed by atoms with van der Waals surface area (Å²) in [6.07, 6.45) is 2.02. The molecule has 6 heteroatoms. The third kappa shape index (κ3) is 3.33. The number of hydrogen-bond acceptors (Lipinski definition) is 5. The number of carbonyl (C=O) groups is 4. The van der Waals surface area contributed by atoms with Crippen molar-refractivity contribution < 1.29 is 23.9 Å². The average molecular weight is 377 g/mol. The Morgan fingerprint density at radius 3 is 2.36 bits per heavy atom. The fourth-order valence-electron chi connectivity index (χ4n) is 3.63. The van der Waals surface area contributed by atoms with Crippen molar-refractivity contribution in [2.45, 2.75) is 38.3 Å². The second kappa shape index (κ2) is 7.38. The number of ether oxygens (including phenoxy) is 1. The second-order valence-corrected chi connectivity index (χ2v) is 7.05. The molecule has 6 nitrogen and oxygen atoms in total. The zero-order valence-corrected chi connectivity index (χ0v) is 15.2. The molecular formula is C22H19NO5. The first-order valence-corrected chi connectivity index (χ1v) is 9.32. The highest BCUT2D eigenvalue weighted by atomic mass is 16.5. The largest absolute Gasteiger partial charge is 0.451 e. The Kier molecular flexibility index (Phi) is 4.77. The van der Waals surface area contributed by atoms with Gasteiger partial charge in [0.05, 0.1) is 23.2 Å². The minimum atomic E-state index is -0.679. The van der Waals surface area contributed by atoms with E-state index in [1.807, 2.05) is 0 Å². The second-order valence-electron chi connectivity index (χ2n) is 7.05. The summed E-state index contributed by atoms with van der Waals surface area (Å²) in [5.74, 6) is -1.30. The van der Waals surface area contributed by atoms with Gasteiger partial charge < -0.3 is 4.74 Å². The first kappa shape index (κ1) is 18.1. The molecule has 1 fully saturated rings. The third-order valence-corrected chi connectivity index (χ3v) is 5.13. The number of benzene rings is 2. The van der Waals surface area contributed by atoms with Crippen LogP contribution in [-0.2, 0) is 16.1 Å². The quantitative estimate of drug-likeness (QED) is 0.604. The molecule has 1 atom stereocenters. The Morgan fingerprint density at radius 1 is 0.964 bits per heavy atom. The number of ketones is 1. The number of Topliss-reactive ketones (excluding diaryl/α,β-unsaturated/α-hetero) is 1. The third-order valence-electron chi connectivity index (χ3n) is 5.13. The molecule has 1 unspecified atom stereocenters. The maximum atomic E-state index is 12.5. The van der Waals surface area contributed by atoms with Gasteiger partial charge in [-0.2, -0.15) is 0 Å². The van der Waals surface area contributed by atoms with Gasteiger partial charge >= 0.3 is 5.97 Å².